The SMILES string of the molecule is CN1C(=O)CC(NC(=O)Cc2ccc(N)cn2)C1=O. The second-order valence-electron chi connectivity index (χ2n) is 4.37. The van der Waals surface area contributed by atoms with Crippen LogP contribution in [0.4, 0.5) is 5.69 Å². The molecule has 3 amide bonds. The van der Waals surface area contributed by atoms with E-state index in [1.807, 2.05) is 0 Å². The zero-order valence-corrected chi connectivity index (χ0v) is 10.4. The molecule has 100 valence electrons. The standard InChI is InChI=1S/C12H14N4O3/c1-16-11(18)5-9(12(16)19)15-10(17)4-8-3-2-7(13)6-14-8/h2-3,6,9H,4-5,13H2,1H3,(H,15,17). The normalized spacial score (nSPS) is 18.8. The van der Waals surface area contributed by atoms with Gasteiger partial charge in [0.25, 0.3) is 5.91 Å². The number of anilines is 1. The van der Waals surface area contributed by atoms with E-state index in [0.29, 0.717) is 11.4 Å². The van der Waals surface area contributed by atoms with Gasteiger partial charge in [-0.3, -0.25) is 24.3 Å². The van der Waals surface area contributed by atoms with Crippen LogP contribution in [0.1, 0.15) is 12.1 Å². The molecule has 0 saturated carbocycles. The zero-order valence-electron chi connectivity index (χ0n) is 10.4. The molecule has 0 aliphatic carbocycles. The Morgan fingerprint density at radius 1 is 1.53 bits per heavy atom. The number of likely N-dealkylation sites (tertiary alicyclic amines) is 1. The Labute approximate surface area is 109 Å². The van der Waals surface area contributed by atoms with Gasteiger partial charge in [-0.05, 0) is 12.1 Å². The van der Waals surface area contributed by atoms with Crippen molar-refractivity contribution in [3.05, 3.63) is 24.0 Å². The van der Waals surface area contributed by atoms with Gasteiger partial charge in [-0.25, -0.2) is 0 Å². The summed E-state index contributed by atoms with van der Waals surface area (Å²) in [5.41, 5.74) is 6.56. The van der Waals surface area contributed by atoms with Crippen LogP contribution in [0.5, 0.6) is 0 Å². The van der Waals surface area contributed by atoms with Crippen LogP contribution in [0, 0.1) is 0 Å². The molecule has 7 heteroatoms. The Morgan fingerprint density at radius 2 is 2.26 bits per heavy atom. The maximum Gasteiger partial charge on any atom is 0.252 e. The first-order chi connectivity index (χ1) is 8.97. The highest BCUT2D eigenvalue weighted by atomic mass is 16.2. The Hall–Kier alpha value is -2.44. The Morgan fingerprint density at radius 3 is 2.79 bits per heavy atom. The summed E-state index contributed by atoms with van der Waals surface area (Å²) < 4.78 is 0. The summed E-state index contributed by atoms with van der Waals surface area (Å²) in [7, 11) is 1.40. The summed E-state index contributed by atoms with van der Waals surface area (Å²) in [6.07, 6.45) is 1.51. The molecule has 2 rings (SSSR count). The second-order valence-corrected chi connectivity index (χ2v) is 4.37. The molecule has 1 atom stereocenters. The highest BCUT2D eigenvalue weighted by Crippen LogP contribution is 2.10. The molecular formula is C12H14N4O3. The minimum atomic E-state index is -0.765. The van der Waals surface area contributed by atoms with Gasteiger partial charge in [0, 0.05) is 12.7 Å². The van der Waals surface area contributed by atoms with Crippen LogP contribution in [0.3, 0.4) is 0 Å². The fourth-order valence-corrected chi connectivity index (χ4v) is 1.82. The van der Waals surface area contributed by atoms with Gasteiger partial charge in [-0.15, -0.1) is 0 Å². The third kappa shape index (κ3) is 2.87. The minimum Gasteiger partial charge on any atom is -0.397 e. The van der Waals surface area contributed by atoms with Gasteiger partial charge in [0.15, 0.2) is 0 Å². The largest absolute Gasteiger partial charge is 0.397 e. The number of hydrogen-bond acceptors (Lipinski definition) is 5. The fraction of sp³-hybridized carbons (Fsp3) is 0.333. The quantitative estimate of drug-likeness (QED) is 0.685. The molecule has 0 spiro atoms. The first-order valence-electron chi connectivity index (χ1n) is 5.77. The molecule has 1 aromatic rings. The summed E-state index contributed by atoms with van der Waals surface area (Å²) in [5.74, 6) is -1.02. The molecule has 1 aromatic heterocycles. The van der Waals surface area contributed by atoms with Crippen molar-refractivity contribution in [1.29, 1.82) is 0 Å². The summed E-state index contributed by atoms with van der Waals surface area (Å²) in [4.78, 5) is 39.7. The van der Waals surface area contributed by atoms with E-state index < -0.39 is 6.04 Å². The number of nitrogens with zero attached hydrogens (tertiary/aromatic N) is 2. The first kappa shape index (κ1) is 13.0. The average Bonchev–Trinajstić information content (AvgIpc) is 2.60. The number of carbonyl (C=O) groups excluding carboxylic acids is 3. The van der Waals surface area contributed by atoms with Crippen LogP contribution < -0.4 is 11.1 Å². The van der Waals surface area contributed by atoms with E-state index in [1.54, 1.807) is 12.1 Å². The van der Waals surface area contributed by atoms with Crippen molar-refractivity contribution in [3.63, 3.8) is 0 Å². The molecule has 0 aromatic carbocycles. The minimum absolute atomic E-state index is 0.0102. The van der Waals surface area contributed by atoms with Crippen molar-refractivity contribution in [1.82, 2.24) is 15.2 Å². The highest BCUT2D eigenvalue weighted by molar-refractivity contribution is 6.06. The first-order valence-corrected chi connectivity index (χ1v) is 5.77. The zero-order chi connectivity index (χ0) is 14.0. The lowest BCUT2D eigenvalue weighted by molar-refractivity contribution is -0.138. The number of hydrogen-bond donors (Lipinski definition) is 2. The van der Waals surface area contributed by atoms with Gasteiger partial charge in [0.1, 0.15) is 6.04 Å². The van der Waals surface area contributed by atoms with E-state index in [-0.39, 0.29) is 30.6 Å². The number of nitrogen functional groups attached to an aromatic ring is 1. The third-order valence-electron chi connectivity index (χ3n) is 2.91. The van der Waals surface area contributed by atoms with Crippen molar-refractivity contribution in [2.45, 2.75) is 18.9 Å². The maximum absolute atomic E-state index is 11.7. The molecule has 1 saturated heterocycles. The van der Waals surface area contributed by atoms with Crippen LogP contribution in [-0.4, -0.2) is 40.7 Å². The Kier molecular flexibility index (Phi) is 3.46. The summed E-state index contributed by atoms with van der Waals surface area (Å²) in [6, 6.07) is 2.52. The van der Waals surface area contributed by atoms with Crippen molar-refractivity contribution < 1.29 is 14.4 Å². The number of nitrogens with one attached hydrogen (secondary N) is 1. The van der Waals surface area contributed by atoms with Crippen LogP contribution in [0.2, 0.25) is 0 Å². The second kappa shape index (κ2) is 5.05. The highest BCUT2D eigenvalue weighted by Gasteiger charge is 2.36. The molecule has 0 bridgehead atoms. The number of imide groups is 1. The Balaban J connectivity index is 1.93. The van der Waals surface area contributed by atoms with E-state index >= 15 is 0 Å². The van der Waals surface area contributed by atoms with Crippen LogP contribution in [0.15, 0.2) is 18.3 Å². The number of rotatable bonds is 3. The van der Waals surface area contributed by atoms with E-state index in [2.05, 4.69) is 10.3 Å². The topological polar surface area (TPSA) is 105 Å². The number of carbonyl (C=O) groups is 3. The lowest BCUT2D eigenvalue weighted by atomic mass is 10.2. The molecule has 1 unspecified atom stereocenters. The molecular weight excluding hydrogens is 248 g/mol. The molecule has 1 aliphatic heterocycles. The molecule has 1 aliphatic rings. The molecule has 3 N–H and O–H groups in total. The maximum atomic E-state index is 11.7. The van der Waals surface area contributed by atoms with Gasteiger partial charge < -0.3 is 11.1 Å². The van der Waals surface area contributed by atoms with Gasteiger partial charge in [0.2, 0.25) is 11.8 Å². The van der Waals surface area contributed by atoms with Crippen molar-refractivity contribution in [2.24, 2.45) is 0 Å². The summed E-state index contributed by atoms with van der Waals surface area (Å²) in [6.45, 7) is 0. The van der Waals surface area contributed by atoms with Crippen LogP contribution in [0.25, 0.3) is 0 Å². The van der Waals surface area contributed by atoms with E-state index in [9.17, 15) is 14.4 Å². The third-order valence-corrected chi connectivity index (χ3v) is 2.91. The monoisotopic (exact) mass is 262 g/mol. The lowest BCUT2D eigenvalue weighted by Crippen LogP contribution is -2.41. The van der Waals surface area contributed by atoms with Gasteiger partial charge in [-0.2, -0.15) is 0 Å². The van der Waals surface area contributed by atoms with E-state index in [4.69, 9.17) is 5.73 Å². The van der Waals surface area contributed by atoms with Crippen molar-refractivity contribution in [3.8, 4) is 0 Å². The number of pyridine rings is 1. The van der Waals surface area contributed by atoms with Crippen LogP contribution >= 0.6 is 0 Å². The number of aromatic nitrogens is 1. The number of amides is 3. The van der Waals surface area contributed by atoms with Gasteiger partial charge >= 0.3 is 0 Å². The Bertz CT molecular complexity index is 526. The average molecular weight is 262 g/mol. The summed E-state index contributed by atoms with van der Waals surface area (Å²) in [5, 5.41) is 2.53. The molecule has 7 nitrogen and oxygen atoms in total. The molecule has 0 radical (unpaired) electrons. The van der Waals surface area contributed by atoms with Crippen molar-refractivity contribution >= 4 is 23.4 Å². The lowest BCUT2D eigenvalue weighted by Gasteiger charge is -2.10. The van der Waals surface area contributed by atoms with Crippen LogP contribution in [-0.2, 0) is 20.8 Å². The van der Waals surface area contributed by atoms with Gasteiger partial charge in [-0.1, -0.05) is 0 Å². The number of likely N-dealkylation sites (N-methyl/N-ethyl adjacent to an activating group) is 1. The molecule has 1 fully saturated rings. The number of nitrogens with two attached hydrogens (primary N) is 1. The predicted molar refractivity (Wildman–Crippen MR) is 66.7 cm³/mol. The smallest absolute Gasteiger partial charge is 0.252 e. The van der Waals surface area contributed by atoms with E-state index in [1.165, 1.54) is 13.2 Å². The van der Waals surface area contributed by atoms with E-state index in [0.717, 1.165) is 4.90 Å². The molecule has 2 heterocycles. The fourth-order valence-electron chi connectivity index (χ4n) is 1.82. The van der Waals surface area contributed by atoms with Crippen molar-refractivity contribution in [2.75, 3.05) is 12.8 Å². The predicted octanol–water partition coefficient (Wildman–Crippen LogP) is -0.920. The molecule has 19 heavy (non-hydrogen) atoms. The summed E-state index contributed by atoms with van der Waals surface area (Å²) >= 11 is 0. The van der Waals surface area contributed by atoms with Gasteiger partial charge in [0.05, 0.1) is 24.7 Å².